The summed E-state index contributed by atoms with van der Waals surface area (Å²) in [6.45, 7) is 3.86. The maximum absolute atomic E-state index is 10.9. The first-order chi connectivity index (χ1) is 9.81. The second-order valence-electron chi connectivity index (χ2n) is 4.82. The van der Waals surface area contributed by atoms with Crippen LogP contribution < -0.4 is 0 Å². The monoisotopic (exact) mass is 268 g/mol. The Morgan fingerprint density at radius 1 is 1.05 bits per heavy atom. The van der Waals surface area contributed by atoms with Crippen LogP contribution in [0.15, 0.2) is 55.1 Å². The Labute approximate surface area is 120 Å². The molecule has 20 heavy (non-hydrogen) atoms. The number of ether oxygens (including phenoxy) is 1. The van der Waals surface area contributed by atoms with Crippen LogP contribution in [0, 0.1) is 0 Å². The van der Waals surface area contributed by atoms with Crippen molar-refractivity contribution in [1.29, 1.82) is 0 Å². The van der Waals surface area contributed by atoms with E-state index in [0.717, 1.165) is 25.7 Å². The largest absolute Gasteiger partial charge is 0.463 e. The number of carbonyl (C=O) groups is 1. The van der Waals surface area contributed by atoms with E-state index >= 15 is 0 Å². The van der Waals surface area contributed by atoms with Crippen LogP contribution in [0.1, 0.15) is 24.8 Å². The Morgan fingerprint density at radius 2 is 1.85 bits per heavy atom. The first-order valence-corrected chi connectivity index (χ1v) is 7.07. The molecule has 2 heteroatoms. The van der Waals surface area contributed by atoms with Crippen LogP contribution >= 0.6 is 0 Å². The quantitative estimate of drug-likeness (QED) is 0.425. The first kappa shape index (κ1) is 14.3. The minimum Gasteiger partial charge on any atom is -0.463 e. The van der Waals surface area contributed by atoms with Gasteiger partial charge in [-0.3, -0.25) is 0 Å². The highest BCUT2D eigenvalue weighted by molar-refractivity contribution is 5.85. The van der Waals surface area contributed by atoms with Gasteiger partial charge in [0.25, 0.3) is 0 Å². The zero-order valence-corrected chi connectivity index (χ0v) is 11.7. The molecule has 0 spiro atoms. The van der Waals surface area contributed by atoms with E-state index in [2.05, 4.69) is 49.0 Å². The van der Waals surface area contributed by atoms with Gasteiger partial charge in [-0.05, 0) is 42.0 Å². The molecule has 0 saturated carbocycles. The van der Waals surface area contributed by atoms with Gasteiger partial charge >= 0.3 is 5.97 Å². The molecule has 0 heterocycles. The average molecular weight is 268 g/mol. The minimum absolute atomic E-state index is 0.334. The molecule has 0 aromatic heterocycles. The Balaban J connectivity index is 1.79. The molecule has 0 N–H and O–H groups in total. The second-order valence-corrected chi connectivity index (χ2v) is 4.82. The summed E-state index contributed by atoms with van der Waals surface area (Å²) in [6, 6.07) is 14.9. The molecule has 0 aliphatic heterocycles. The lowest BCUT2D eigenvalue weighted by atomic mass is 10.00. The van der Waals surface area contributed by atoms with Crippen LogP contribution in [0.3, 0.4) is 0 Å². The summed E-state index contributed by atoms with van der Waals surface area (Å²) >= 11 is 0. The van der Waals surface area contributed by atoms with Gasteiger partial charge in [0.1, 0.15) is 0 Å². The van der Waals surface area contributed by atoms with Crippen LogP contribution in [-0.2, 0) is 16.0 Å². The molecule has 0 bridgehead atoms. The molecule has 2 nitrogen and oxygen atoms in total. The van der Waals surface area contributed by atoms with E-state index in [1.54, 1.807) is 0 Å². The fourth-order valence-corrected chi connectivity index (χ4v) is 2.34. The van der Waals surface area contributed by atoms with Crippen molar-refractivity contribution in [2.75, 3.05) is 6.61 Å². The standard InChI is InChI=1S/C18H20O2/c1-2-18(19)20-14-7-3-4-9-15-11-8-12-16-10-5-6-13-17(15)16/h2,5-6,8,10-13H,1,3-4,7,9,14H2. The third-order valence-electron chi connectivity index (χ3n) is 3.38. The molecular formula is C18H20O2. The Hall–Kier alpha value is -2.09. The molecule has 104 valence electrons. The number of hydrogen-bond donors (Lipinski definition) is 0. The number of carbonyl (C=O) groups excluding carboxylic acids is 1. The molecule has 0 saturated heterocycles. The van der Waals surface area contributed by atoms with Crippen LogP contribution in [0.2, 0.25) is 0 Å². The fraction of sp³-hybridized carbons (Fsp3) is 0.278. The zero-order chi connectivity index (χ0) is 14.2. The molecule has 0 aliphatic rings. The Kier molecular flexibility index (Phi) is 5.36. The van der Waals surface area contributed by atoms with Crippen molar-refractivity contribution in [2.45, 2.75) is 25.7 Å². The number of benzene rings is 2. The normalized spacial score (nSPS) is 10.4. The van der Waals surface area contributed by atoms with E-state index in [1.807, 2.05) is 0 Å². The number of fused-ring (bicyclic) bond motifs is 1. The molecule has 0 radical (unpaired) electrons. The fourth-order valence-electron chi connectivity index (χ4n) is 2.34. The maximum Gasteiger partial charge on any atom is 0.330 e. The van der Waals surface area contributed by atoms with Crippen molar-refractivity contribution in [3.05, 3.63) is 60.7 Å². The van der Waals surface area contributed by atoms with Gasteiger partial charge in [-0.25, -0.2) is 4.79 Å². The molecule has 0 atom stereocenters. The molecule has 0 amide bonds. The average Bonchev–Trinajstić information content (AvgIpc) is 2.50. The summed E-state index contributed by atoms with van der Waals surface area (Å²) in [5, 5.41) is 2.64. The van der Waals surface area contributed by atoms with E-state index < -0.39 is 0 Å². The number of esters is 1. The van der Waals surface area contributed by atoms with Crippen molar-refractivity contribution < 1.29 is 9.53 Å². The highest BCUT2D eigenvalue weighted by atomic mass is 16.5. The van der Waals surface area contributed by atoms with E-state index in [4.69, 9.17) is 4.74 Å². The van der Waals surface area contributed by atoms with Gasteiger partial charge < -0.3 is 4.74 Å². The summed E-state index contributed by atoms with van der Waals surface area (Å²) in [4.78, 5) is 10.9. The van der Waals surface area contributed by atoms with Crippen LogP contribution in [0.5, 0.6) is 0 Å². The van der Waals surface area contributed by atoms with Crippen molar-refractivity contribution in [3.63, 3.8) is 0 Å². The third kappa shape index (κ3) is 3.95. The topological polar surface area (TPSA) is 26.3 Å². The number of rotatable bonds is 7. The zero-order valence-electron chi connectivity index (χ0n) is 11.7. The molecule has 2 aromatic rings. The van der Waals surface area contributed by atoms with Crippen molar-refractivity contribution in [3.8, 4) is 0 Å². The number of unbranched alkanes of at least 4 members (excludes halogenated alkanes) is 2. The van der Waals surface area contributed by atoms with Crippen molar-refractivity contribution in [2.24, 2.45) is 0 Å². The van der Waals surface area contributed by atoms with Gasteiger partial charge in [0.2, 0.25) is 0 Å². The third-order valence-corrected chi connectivity index (χ3v) is 3.38. The molecular weight excluding hydrogens is 248 g/mol. The molecule has 2 rings (SSSR count). The second kappa shape index (κ2) is 7.49. The molecule has 0 unspecified atom stereocenters. The summed E-state index contributed by atoms with van der Waals surface area (Å²) in [6.07, 6.45) is 5.35. The molecule has 0 fully saturated rings. The SMILES string of the molecule is C=CC(=O)OCCCCCc1cccc2ccccc12. The first-order valence-electron chi connectivity index (χ1n) is 7.07. The summed E-state index contributed by atoms with van der Waals surface area (Å²) in [5.74, 6) is -0.334. The van der Waals surface area contributed by atoms with E-state index in [0.29, 0.717) is 6.61 Å². The number of hydrogen-bond acceptors (Lipinski definition) is 2. The van der Waals surface area contributed by atoms with Crippen molar-refractivity contribution >= 4 is 16.7 Å². The summed E-state index contributed by atoms with van der Waals surface area (Å²) < 4.78 is 4.96. The van der Waals surface area contributed by atoms with Gasteiger partial charge in [0, 0.05) is 6.08 Å². The van der Waals surface area contributed by atoms with Crippen LogP contribution in [0.4, 0.5) is 0 Å². The highest BCUT2D eigenvalue weighted by Crippen LogP contribution is 2.20. The van der Waals surface area contributed by atoms with Gasteiger partial charge in [-0.1, -0.05) is 49.0 Å². The van der Waals surface area contributed by atoms with E-state index in [-0.39, 0.29) is 5.97 Å². The summed E-state index contributed by atoms with van der Waals surface area (Å²) in [5.41, 5.74) is 1.39. The van der Waals surface area contributed by atoms with Crippen molar-refractivity contribution in [1.82, 2.24) is 0 Å². The minimum atomic E-state index is -0.334. The smallest absolute Gasteiger partial charge is 0.330 e. The Bertz CT molecular complexity index is 581. The van der Waals surface area contributed by atoms with Gasteiger partial charge in [-0.15, -0.1) is 0 Å². The van der Waals surface area contributed by atoms with E-state index in [1.165, 1.54) is 22.4 Å². The van der Waals surface area contributed by atoms with E-state index in [9.17, 15) is 4.79 Å². The van der Waals surface area contributed by atoms with Crippen LogP contribution in [0.25, 0.3) is 10.8 Å². The van der Waals surface area contributed by atoms with Gasteiger partial charge in [0.05, 0.1) is 6.61 Å². The lowest BCUT2D eigenvalue weighted by Gasteiger charge is -2.06. The molecule has 0 aliphatic carbocycles. The highest BCUT2D eigenvalue weighted by Gasteiger charge is 2.00. The van der Waals surface area contributed by atoms with Gasteiger partial charge in [-0.2, -0.15) is 0 Å². The van der Waals surface area contributed by atoms with Crippen LogP contribution in [-0.4, -0.2) is 12.6 Å². The predicted molar refractivity (Wildman–Crippen MR) is 82.7 cm³/mol. The van der Waals surface area contributed by atoms with Gasteiger partial charge in [0.15, 0.2) is 0 Å². The lowest BCUT2D eigenvalue weighted by molar-refractivity contribution is -0.137. The summed E-state index contributed by atoms with van der Waals surface area (Å²) in [7, 11) is 0. The lowest BCUT2D eigenvalue weighted by Crippen LogP contribution is -2.01. The maximum atomic E-state index is 10.9. The predicted octanol–water partition coefficient (Wildman–Crippen LogP) is 4.28. The molecule has 2 aromatic carbocycles. The Morgan fingerprint density at radius 3 is 2.70 bits per heavy atom. The number of aryl methyl sites for hydroxylation is 1.